The summed E-state index contributed by atoms with van der Waals surface area (Å²) < 4.78 is 29.0. The second-order valence-corrected chi connectivity index (χ2v) is 6.23. The lowest BCUT2D eigenvalue weighted by atomic mass is 10.4. The number of carbonyl (C=O) groups is 1. The number of ether oxygens (including phenoxy) is 1. The van der Waals surface area contributed by atoms with Crippen LogP contribution >= 0.6 is 0 Å². The summed E-state index contributed by atoms with van der Waals surface area (Å²) in [5, 5.41) is 2.83. The van der Waals surface area contributed by atoms with Crippen LogP contribution in [-0.2, 0) is 19.6 Å². The highest BCUT2D eigenvalue weighted by Gasteiger charge is 2.24. The average Bonchev–Trinajstić information content (AvgIpc) is 2.99. The van der Waals surface area contributed by atoms with Crippen molar-refractivity contribution in [2.24, 2.45) is 0 Å². The third-order valence-corrected chi connectivity index (χ3v) is 3.85. The van der Waals surface area contributed by atoms with Gasteiger partial charge in [-0.3, -0.25) is 4.79 Å². The molecular formula is C10H20N2O4S. The third kappa shape index (κ3) is 5.99. The van der Waals surface area contributed by atoms with Crippen molar-refractivity contribution >= 4 is 15.9 Å². The van der Waals surface area contributed by atoms with Crippen LogP contribution in [0, 0.1) is 0 Å². The Bertz CT molecular complexity index is 351. The first-order chi connectivity index (χ1) is 7.93. The Kier molecular flexibility index (Phi) is 5.35. The van der Waals surface area contributed by atoms with Gasteiger partial charge in [-0.2, -0.15) is 4.31 Å². The molecule has 0 saturated heterocycles. The second kappa shape index (κ2) is 6.32. The molecule has 0 aromatic heterocycles. The van der Waals surface area contributed by atoms with Crippen molar-refractivity contribution in [2.45, 2.75) is 25.3 Å². The van der Waals surface area contributed by atoms with Crippen molar-refractivity contribution in [2.75, 3.05) is 33.1 Å². The van der Waals surface area contributed by atoms with E-state index in [0.717, 1.165) is 19.1 Å². The highest BCUT2D eigenvalue weighted by atomic mass is 32.2. The Labute approximate surface area is 102 Å². The normalized spacial score (nSPS) is 16.2. The Hall–Kier alpha value is -0.660. The first kappa shape index (κ1) is 14.4. The molecule has 100 valence electrons. The molecule has 6 nitrogen and oxygen atoms in total. The maximum absolute atomic E-state index is 11.4. The Morgan fingerprint density at radius 1 is 1.41 bits per heavy atom. The van der Waals surface area contributed by atoms with Gasteiger partial charge in [0.2, 0.25) is 15.9 Å². The van der Waals surface area contributed by atoms with E-state index in [4.69, 9.17) is 4.74 Å². The summed E-state index contributed by atoms with van der Waals surface area (Å²) in [6.07, 6.45) is 3.41. The fourth-order valence-electron chi connectivity index (χ4n) is 1.39. The molecule has 0 aromatic rings. The molecule has 0 atom stereocenters. The van der Waals surface area contributed by atoms with E-state index >= 15 is 0 Å². The number of rotatable bonds is 8. The molecule has 1 aliphatic rings. The number of nitrogens with one attached hydrogen (secondary N) is 1. The number of hydrogen-bond acceptors (Lipinski definition) is 4. The first-order valence-corrected chi connectivity index (χ1v) is 7.51. The van der Waals surface area contributed by atoms with Crippen LogP contribution in [0.2, 0.25) is 0 Å². The summed E-state index contributed by atoms with van der Waals surface area (Å²) in [7, 11) is -1.76. The lowest BCUT2D eigenvalue weighted by Gasteiger charge is -2.19. The Balaban J connectivity index is 2.34. The minimum absolute atomic E-state index is 0.0847. The molecule has 7 heteroatoms. The summed E-state index contributed by atoms with van der Waals surface area (Å²) in [5.41, 5.74) is 0. The van der Waals surface area contributed by atoms with E-state index in [0.29, 0.717) is 12.6 Å². The van der Waals surface area contributed by atoms with Gasteiger partial charge in [-0.05, 0) is 12.8 Å². The zero-order valence-corrected chi connectivity index (χ0v) is 11.1. The van der Waals surface area contributed by atoms with Gasteiger partial charge in [-0.1, -0.05) is 0 Å². The van der Waals surface area contributed by atoms with E-state index in [-0.39, 0.29) is 25.4 Å². The quantitative estimate of drug-likeness (QED) is 0.645. The van der Waals surface area contributed by atoms with Crippen LogP contribution in [0.5, 0.6) is 0 Å². The molecule has 0 bridgehead atoms. The molecule has 1 amide bonds. The van der Waals surface area contributed by atoms with E-state index in [9.17, 15) is 13.2 Å². The lowest BCUT2D eigenvalue weighted by Crippen LogP contribution is -2.37. The predicted molar refractivity (Wildman–Crippen MR) is 64.1 cm³/mol. The highest BCUT2D eigenvalue weighted by Crippen LogP contribution is 2.18. The maximum atomic E-state index is 11.4. The number of nitrogens with zero attached hydrogens (tertiary/aromatic N) is 1. The minimum Gasteiger partial charge on any atom is -0.383 e. The fraction of sp³-hybridized carbons (Fsp3) is 0.900. The van der Waals surface area contributed by atoms with Crippen LogP contribution in [0.4, 0.5) is 0 Å². The molecule has 1 rings (SSSR count). The van der Waals surface area contributed by atoms with Crippen molar-refractivity contribution in [1.29, 1.82) is 0 Å². The number of hydrogen-bond donors (Lipinski definition) is 1. The van der Waals surface area contributed by atoms with Crippen LogP contribution in [0.15, 0.2) is 0 Å². The van der Waals surface area contributed by atoms with Crippen molar-refractivity contribution in [1.82, 2.24) is 9.62 Å². The van der Waals surface area contributed by atoms with Crippen molar-refractivity contribution in [3.63, 3.8) is 0 Å². The fourth-order valence-corrected chi connectivity index (χ4v) is 2.22. The zero-order valence-electron chi connectivity index (χ0n) is 10.3. The van der Waals surface area contributed by atoms with E-state index < -0.39 is 10.0 Å². The second-order valence-electron chi connectivity index (χ2n) is 4.25. The van der Waals surface area contributed by atoms with Gasteiger partial charge in [0.25, 0.3) is 0 Å². The van der Waals surface area contributed by atoms with Gasteiger partial charge in [-0.15, -0.1) is 0 Å². The summed E-state index contributed by atoms with van der Waals surface area (Å²) in [5.74, 6) is -0.0847. The molecular weight excluding hydrogens is 244 g/mol. The van der Waals surface area contributed by atoms with Crippen LogP contribution in [0.1, 0.15) is 19.3 Å². The largest absolute Gasteiger partial charge is 0.383 e. The molecule has 17 heavy (non-hydrogen) atoms. The van der Waals surface area contributed by atoms with Crippen molar-refractivity contribution in [3.05, 3.63) is 0 Å². The highest BCUT2D eigenvalue weighted by molar-refractivity contribution is 7.88. The minimum atomic E-state index is -3.27. The third-order valence-electron chi connectivity index (χ3n) is 2.54. The first-order valence-electron chi connectivity index (χ1n) is 5.67. The van der Waals surface area contributed by atoms with E-state index in [1.807, 2.05) is 0 Å². The van der Waals surface area contributed by atoms with Gasteiger partial charge in [0.1, 0.15) is 0 Å². The summed E-state index contributed by atoms with van der Waals surface area (Å²) in [6, 6.07) is 0.313. The lowest BCUT2D eigenvalue weighted by molar-refractivity contribution is -0.121. The monoisotopic (exact) mass is 264 g/mol. The van der Waals surface area contributed by atoms with Gasteiger partial charge in [0.15, 0.2) is 0 Å². The van der Waals surface area contributed by atoms with Crippen LogP contribution in [-0.4, -0.2) is 57.7 Å². The maximum Gasteiger partial charge on any atom is 0.221 e. The number of methoxy groups -OCH3 is 1. The van der Waals surface area contributed by atoms with Crippen LogP contribution < -0.4 is 5.32 Å². The number of carbonyl (C=O) groups excluding carboxylic acids is 1. The van der Waals surface area contributed by atoms with E-state index in [1.165, 1.54) is 11.4 Å². The molecule has 0 spiro atoms. The molecule has 0 unspecified atom stereocenters. The van der Waals surface area contributed by atoms with E-state index in [2.05, 4.69) is 5.32 Å². The van der Waals surface area contributed by atoms with Gasteiger partial charge < -0.3 is 10.1 Å². The van der Waals surface area contributed by atoms with E-state index in [1.54, 1.807) is 0 Å². The molecule has 1 saturated carbocycles. The molecule has 0 aliphatic heterocycles. The van der Waals surface area contributed by atoms with Gasteiger partial charge in [-0.25, -0.2) is 8.42 Å². The average molecular weight is 264 g/mol. The zero-order chi connectivity index (χ0) is 12.9. The number of amides is 1. The molecule has 1 fully saturated rings. The summed E-state index contributed by atoms with van der Waals surface area (Å²) in [4.78, 5) is 11.4. The molecule has 1 N–H and O–H groups in total. The molecule has 0 heterocycles. The van der Waals surface area contributed by atoms with Gasteiger partial charge in [0, 0.05) is 32.7 Å². The summed E-state index contributed by atoms with van der Waals surface area (Å²) in [6.45, 7) is 0.824. The topological polar surface area (TPSA) is 75.7 Å². The predicted octanol–water partition coefficient (Wildman–Crippen LogP) is -0.437. The standard InChI is InChI=1S/C10H20N2O4S/c1-16-8-7-12(17(2,14)15)6-5-10(13)11-9-3-4-9/h9H,3-8H2,1-2H3,(H,11,13). The molecule has 0 radical (unpaired) electrons. The van der Waals surface area contributed by atoms with Crippen molar-refractivity contribution in [3.8, 4) is 0 Å². The molecule has 1 aliphatic carbocycles. The van der Waals surface area contributed by atoms with Gasteiger partial charge >= 0.3 is 0 Å². The Morgan fingerprint density at radius 3 is 2.53 bits per heavy atom. The van der Waals surface area contributed by atoms with Gasteiger partial charge in [0.05, 0.1) is 12.9 Å². The SMILES string of the molecule is COCCN(CCC(=O)NC1CC1)S(C)(=O)=O. The summed E-state index contributed by atoms with van der Waals surface area (Å²) >= 11 is 0. The molecule has 0 aromatic carbocycles. The Morgan fingerprint density at radius 2 is 2.06 bits per heavy atom. The van der Waals surface area contributed by atoms with Crippen LogP contribution in [0.25, 0.3) is 0 Å². The van der Waals surface area contributed by atoms with Crippen LogP contribution in [0.3, 0.4) is 0 Å². The smallest absolute Gasteiger partial charge is 0.221 e. The number of sulfonamides is 1. The van der Waals surface area contributed by atoms with Crippen molar-refractivity contribution < 1.29 is 17.9 Å².